The summed E-state index contributed by atoms with van der Waals surface area (Å²) in [7, 11) is 0. The number of carboxylic acids is 1. The Hall–Kier alpha value is -1.62. The molecule has 0 spiro atoms. The van der Waals surface area contributed by atoms with Gasteiger partial charge in [-0.2, -0.15) is 0 Å². The summed E-state index contributed by atoms with van der Waals surface area (Å²) in [6, 6.07) is 7.64. The molecular weight excluding hydrogens is 310 g/mol. The van der Waals surface area contributed by atoms with E-state index in [1.165, 1.54) is 11.0 Å². The number of halogens is 1. The Kier molecular flexibility index (Phi) is 4.37. The van der Waals surface area contributed by atoms with Gasteiger partial charge in [0.15, 0.2) is 0 Å². The average molecular weight is 324 g/mol. The van der Waals surface area contributed by atoms with Gasteiger partial charge in [0.05, 0.1) is 0 Å². The van der Waals surface area contributed by atoms with E-state index < -0.39 is 5.97 Å². The van der Waals surface area contributed by atoms with Crippen molar-refractivity contribution in [3.63, 3.8) is 0 Å². The SMILES string of the molecule is O=C(O)CN(C(=O)C=Cc1ccc(Br)cc1)C1CC1. The van der Waals surface area contributed by atoms with Crippen LogP contribution in [0.25, 0.3) is 6.08 Å². The first kappa shape index (κ1) is 13.8. The van der Waals surface area contributed by atoms with Crippen molar-refractivity contribution in [2.45, 2.75) is 18.9 Å². The van der Waals surface area contributed by atoms with Crippen LogP contribution in [0.4, 0.5) is 0 Å². The van der Waals surface area contributed by atoms with E-state index in [0.29, 0.717) is 0 Å². The highest BCUT2D eigenvalue weighted by molar-refractivity contribution is 9.10. The summed E-state index contributed by atoms with van der Waals surface area (Å²) in [5.41, 5.74) is 0.905. The molecule has 1 amide bonds. The zero-order chi connectivity index (χ0) is 13.8. The van der Waals surface area contributed by atoms with E-state index >= 15 is 0 Å². The van der Waals surface area contributed by atoms with Crippen LogP contribution < -0.4 is 0 Å². The van der Waals surface area contributed by atoms with Crippen molar-refractivity contribution in [2.24, 2.45) is 0 Å². The molecule has 100 valence electrons. The number of hydrogen-bond acceptors (Lipinski definition) is 2. The van der Waals surface area contributed by atoms with Gasteiger partial charge in [0.1, 0.15) is 6.54 Å². The molecule has 19 heavy (non-hydrogen) atoms. The Morgan fingerprint density at radius 1 is 1.32 bits per heavy atom. The van der Waals surface area contributed by atoms with Crippen molar-refractivity contribution < 1.29 is 14.7 Å². The van der Waals surface area contributed by atoms with Gasteiger partial charge >= 0.3 is 5.97 Å². The van der Waals surface area contributed by atoms with Crippen LogP contribution in [0.5, 0.6) is 0 Å². The maximum absolute atomic E-state index is 12.0. The van der Waals surface area contributed by atoms with Crippen LogP contribution in [0.3, 0.4) is 0 Å². The number of rotatable bonds is 5. The Morgan fingerprint density at radius 3 is 2.47 bits per heavy atom. The highest BCUT2D eigenvalue weighted by Crippen LogP contribution is 2.26. The molecule has 0 heterocycles. The number of nitrogens with zero attached hydrogens (tertiary/aromatic N) is 1. The van der Waals surface area contributed by atoms with Crippen molar-refractivity contribution in [3.05, 3.63) is 40.4 Å². The second kappa shape index (κ2) is 6.02. The third-order valence-electron chi connectivity index (χ3n) is 2.86. The van der Waals surface area contributed by atoms with Crippen LogP contribution in [-0.2, 0) is 9.59 Å². The van der Waals surface area contributed by atoms with E-state index in [1.807, 2.05) is 24.3 Å². The van der Waals surface area contributed by atoms with Gasteiger partial charge in [-0.3, -0.25) is 9.59 Å². The van der Waals surface area contributed by atoms with Crippen molar-refractivity contribution in [1.82, 2.24) is 4.90 Å². The van der Waals surface area contributed by atoms with Crippen LogP contribution in [0, 0.1) is 0 Å². The first-order valence-electron chi connectivity index (χ1n) is 6.02. The predicted molar refractivity (Wildman–Crippen MR) is 75.5 cm³/mol. The molecule has 0 atom stereocenters. The first-order valence-corrected chi connectivity index (χ1v) is 6.81. The van der Waals surface area contributed by atoms with Gasteiger partial charge in [-0.1, -0.05) is 28.1 Å². The quantitative estimate of drug-likeness (QED) is 0.847. The van der Waals surface area contributed by atoms with Crippen molar-refractivity contribution >= 4 is 33.9 Å². The molecule has 4 nitrogen and oxygen atoms in total. The van der Waals surface area contributed by atoms with E-state index in [-0.39, 0.29) is 18.5 Å². The van der Waals surface area contributed by atoms with Crippen LogP contribution >= 0.6 is 15.9 Å². The molecule has 1 saturated carbocycles. The number of aliphatic carboxylic acids is 1. The van der Waals surface area contributed by atoms with E-state index in [0.717, 1.165) is 22.9 Å². The Morgan fingerprint density at radius 2 is 1.95 bits per heavy atom. The maximum atomic E-state index is 12.0. The molecule has 1 aliphatic rings. The maximum Gasteiger partial charge on any atom is 0.323 e. The Bertz CT molecular complexity index is 506. The summed E-state index contributed by atoms with van der Waals surface area (Å²) in [6.07, 6.45) is 4.92. The third kappa shape index (κ3) is 4.21. The van der Waals surface area contributed by atoms with Gasteiger partial charge in [-0.25, -0.2) is 0 Å². The van der Waals surface area contributed by atoms with Crippen LogP contribution in [-0.4, -0.2) is 34.5 Å². The minimum atomic E-state index is -0.975. The van der Waals surface area contributed by atoms with Crippen LogP contribution in [0.2, 0.25) is 0 Å². The molecule has 1 fully saturated rings. The molecule has 0 bridgehead atoms. The second-order valence-electron chi connectivity index (χ2n) is 4.48. The van der Waals surface area contributed by atoms with E-state index in [2.05, 4.69) is 15.9 Å². The summed E-state index contributed by atoms with van der Waals surface area (Å²) in [5.74, 6) is -1.22. The lowest BCUT2D eigenvalue weighted by molar-refractivity contribution is -0.143. The van der Waals surface area contributed by atoms with Gasteiger partial charge in [0.25, 0.3) is 0 Å². The molecule has 0 aliphatic heterocycles. The highest BCUT2D eigenvalue weighted by Gasteiger charge is 2.32. The summed E-state index contributed by atoms with van der Waals surface area (Å²) >= 11 is 3.34. The number of carboxylic acid groups (broad SMARTS) is 1. The molecule has 1 N–H and O–H groups in total. The molecule has 1 aromatic carbocycles. The fourth-order valence-corrected chi connectivity index (χ4v) is 2.02. The number of benzene rings is 1. The molecule has 0 saturated heterocycles. The molecule has 0 aromatic heterocycles. The summed E-state index contributed by atoms with van der Waals surface area (Å²) in [5, 5.41) is 8.80. The number of carbonyl (C=O) groups excluding carboxylic acids is 1. The van der Waals surface area contributed by atoms with Gasteiger partial charge in [0, 0.05) is 16.6 Å². The van der Waals surface area contributed by atoms with Gasteiger partial charge < -0.3 is 10.0 Å². The summed E-state index contributed by atoms with van der Waals surface area (Å²) in [6.45, 7) is -0.228. The summed E-state index contributed by atoms with van der Waals surface area (Å²) in [4.78, 5) is 24.1. The van der Waals surface area contributed by atoms with Crippen LogP contribution in [0.15, 0.2) is 34.8 Å². The molecule has 0 radical (unpaired) electrons. The van der Waals surface area contributed by atoms with Crippen molar-refractivity contribution in [2.75, 3.05) is 6.54 Å². The lowest BCUT2D eigenvalue weighted by atomic mass is 10.2. The molecule has 0 unspecified atom stereocenters. The Balaban J connectivity index is 2.01. The zero-order valence-corrected chi connectivity index (χ0v) is 11.8. The standard InChI is InChI=1S/C14H14BrNO3/c15-11-4-1-10(2-5-11)3-8-13(17)16(9-14(18)19)12-6-7-12/h1-5,8,12H,6-7,9H2,(H,18,19). The van der Waals surface area contributed by atoms with Crippen molar-refractivity contribution in [1.29, 1.82) is 0 Å². The zero-order valence-electron chi connectivity index (χ0n) is 10.3. The normalized spacial score (nSPS) is 14.6. The molecular formula is C14H14BrNO3. The lowest BCUT2D eigenvalue weighted by Crippen LogP contribution is -2.36. The number of hydrogen-bond donors (Lipinski definition) is 1. The second-order valence-corrected chi connectivity index (χ2v) is 5.39. The fourth-order valence-electron chi connectivity index (χ4n) is 1.76. The minimum absolute atomic E-state index is 0.0955. The number of amides is 1. The van der Waals surface area contributed by atoms with E-state index in [9.17, 15) is 9.59 Å². The topological polar surface area (TPSA) is 57.6 Å². The molecule has 1 aromatic rings. The average Bonchev–Trinajstić information content (AvgIpc) is 3.19. The van der Waals surface area contributed by atoms with Crippen molar-refractivity contribution in [3.8, 4) is 0 Å². The first-order chi connectivity index (χ1) is 9.06. The Labute approximate surface area is 119 Å². The minimum Gasteiger partial charge on any atom is -0.480 e. The van der Waals surface area contributed by atoms with Crippen LogP contribution in [0.1, 0.15) is 18.4 Å². The van der Waals surface area contributed by atoms with Gasteiger partial charge in [-0.05, 0) is 36.6 Å². The predicted octanol–water partition coefficient (Wildman–Crippen LogP) is 2.54. The molecule has 5 heteroatoms. The highest BCUT2D eigenvalue weighted by atomic mass is 79.9. The van der Waals surface area contributed by atoms with Gasteiger partial charge in [-0.15, -0.1) is 0 Å². The molecule has 2 rings (SSSR count). The summed E-state index contributed by atoms with van der Waals surface area (Å²) < 4.78 is 0.974. The lowest BCUT2D eigenvalue weighted by Gasteiger charge is -2.17. The largest absolute Gasteiger partial charge is 0.480 e. The van der Waals surface area contributed by atoms with E-state index in [4.69, 9.17) is 5.11 Å². The number of carbonyl (C=O) groups is 2. The monoisotopic (exact) mass is 323 g/mol. The fraction of sp³-hybridized carbons (Fsp3) is 0.286. The third-order valence-corrected chi connectivity index (χ3v) is 3.39. The van der Waals surface area contributed by atoms with Gasteiger partial charge in [0.2, 0.25) is 5.91 Å². The molecule has 1 aliphatic carbocycles. The van der Waals surface area contributed by atoms with E-state index in [1.54, 1.807) is 6.08 Å². The smallest absolute Gasteiger partial charge is 0.323 e.